The molecule has 2 unspecified atom stereocenters. The number of halogens is 3. The third-order valence-corrected chi connectivity index (χ3v) is 7.49. The van der Waals surface area contributed by atoms with Gasteiger partial charge in [-0.25, -0.2) is 0 Å². The van der Waals surface area contributed by atoms with Crippen LogP contribution in [0.5, 0.6) is 0 Å². The predicted molar refractivity (Wildman–Crippen MR) is 144 cm³/mol. The van der Waals surface area contributed by atoms with Crippen molar-refractivity contribution in [3.8, 4) is 0 Å². The van der Waals surface area contributed by atoms with Gasteiger partial charge in [0.1, 0.15) is 0 Å². The molecule has 2 rings (SSSR count). The van der Waals surface area contributed by atoms with E-state index in [9.17, 15) is 13.2 Å². The molecule has 1 aromatic rings. The lowest BCUT2D eigenvalue weighted by Crippen LogP contribution is -2.27. The van der Waals surface area contributed by atoms with Gasteiger partial charge in [0.2, 0.25) is 0 Å². The van der Waals surface area contributed by atoms with Crippen LogP contribution in [0.4, 0.5) is 13.2 Å². The summed E-state index contributed by atoms with van der Waals surface area (Å²) in [6, 6.07) is 8.35. The Bertz CT molecular complexity index is 987. The maximum absolute atomic E-state index is 13.4. The summed E-state index contributed by atoms with van der Waals surface area (Å²) in [6.07, 6.45) is 4.44. The molecule has 0 aliphatic heterocycles. The fourth-order valence-electron chi connectivity index (χ4n) is 4.60. The molecule has 2 atom stereocenters. The van der Waals surface area contributed by atoms with E-state index < -0.39 is 12.1 Å². The van der Waals surface area contributed by atoms with E-state index in [2.05, 4.69) is 69.1 Å². The first-order valence-corrected chi connectivity index (χ1v) is 12.8. The molecule has 0 heterocycles. The average Bonchev–Trinajstić information content (AvgIpc) is 2.86. The van der Waals surface area contributed by atoms with Crippen LogP contribution >= 0.6 is 0 Å². The van der Waals surface area contributed by atoms with Crippen LogP contribution in [0.1, 0.15) is 84.8 Å². The molecule has 1 aliphatic carbocycles. The second-order valence-corrected chi connectivity index (χ2v) is 9.66. The lowest BCUT2D eigenvalue weighted by atomic mass is 9.77. The van der Waals surface area contributed by atoms with Crippen molar-refractivity contribution in [1.29, 1.82) is 0 Å². The quantitative estimate of drug-likeness (QED) is 0.325. The highest BCUT2D eigenvalue weighted by Gasteiger charge is 2.42. The van der Waals surface area contributed by atoms with Gasteiger partial charge in [-0.15, -0.1) is 0 Å². The van der Waals surface area contributed by atoms with E-state index in [-0.39, 0.29) is 18.8 Å². The molecule has 0 fully saturated rings. The minimum atomic E-state index is -4.13. The van der Waals surface area contributed by atoms with Gasteiger partial charge in [-0.3, -0.25) is 0 Å². The lowest BCUT2D eigenvalue weighted by Gasteiger charge is -2.31. The van der Waals surface area contributed by atoms with Crippen molar-refractivity contribution in [2.45, 2.75) is 86.4 Å². The topological polar surface area (TPSA) is 12.0 Å². The Kier molecular flexibility index (Phi) is 10.7. The molecule has 0 amide bonds. The van der Waals surface area contributed by atoms with Crippen LogP contribution < -0.4 is 5.32 Å². The molecular weight excluding hydrogens is 443 g/mol. The Morgan fingerprint density at radius 2 is 1.83 bits per heavy atom. The number of benzene rings is 1. The van der Waals surface area contributed by atoms with Crippen LogP contribution in [0.25, 0.3) is 5.57 Å². The van der Waals surface area contributed by atoms with Gasteiger partial charge in [0, 0.05) is 12.2 Å². The van der Waals surface area contributed by atoms with E-state index in [1.807, 2.05) is 26.8 Å². The molecule has 1 aliphatic rings. The van der Waals surface area contributed by atoms with E-state index in [1.165, 1.54) is 16.7 Å². The Morgan fingerprint density at radius 3 is 2.34 bits per heavy atom. The number of hydrogen-bond acceptors (Lipinski definition) is 1. The summed E-state index contributed by atoms with van der Waals surface area (Å²) in [5, 5.41) is 3.54. The van der Waals surface area contributed by atoms with Gasteiger partial charge in [0.15, 0.2) is 0 Å². The van der Waals surface area contributed by atoms with Gasteiger partial charge in [0.05, 0.1) is 5.92 Å². The zero-order chi connectivity index (χ0) is 26.2. The van der Waals surface area contributed by atoms with Gasteiger partial charge in [-0.05, 0) is 86.6 Å². The van der Waals surface area contributed by atoms with E-state index >= 15 is 0 Å². The summed E-state index contributed by atoms with van der Waals surface area (Å²) >= 11 is 0. The summed E-state index contributed by atoms with van der Waals surface area (Å²) in [7, 11) is 0. The summed E-state index contributed by atoms with van der Waals surface area (Å²) in [6.45, 7) is 17.3. The number of nitrogens with one attached hydrogen (secondary N) is 1. The number of hydrogen-bond donors (Lipinski definition) is 1. The summed E-state index contributed by atoms with van der Waals surface area (Å²) in [5.74, 6) is -1.09. The van der Waals surface area contributed by atoms with Gasteiger partial charge in [-0.1, -0.05) is 81.0 Å². The predicted octanol–water partition coefficient (Wildman–Crippen LogP) is 9.70. The Hall–Kier alpha value is -2.49. The number of rotatable bonds is 10. The normalized spacial score (nSPS) is 19.4. The minimum Gasteiger partial charge on any atom is -0.381 e. The van der Waals surface area contributed by atoms with Crippen molar-refractivity contribution in [3.05, 3.63) is 88.2 Å². The van der Waals surface area contributed by atoms with Crippen LogP contribution in [-0.2, 0) is 6.54 Å². The number of allylic oxidation sites excluding steroid dienone is 8. The lowest BCUT2D eigenvalue weighted by molar-refractivity contribution is -0.177. The molecule has 1 aromatic carbocycles. The fourth-order valence-corrected chi connectivity index (χ4v) is 4.60. The van der Waals surface area contributed by atoms with Crippen molar-refractivity contribution in [2.75, 3.05) is 0 Å². The van der Waals surface area contributed by atoms with E-state index in [1.54, 1.807) is 0 Å². The average molecular weight is 486 g/mol. The van der Waals surface area contributed by atoms with E-state index in [0.29, 0.717) is 6.42 Å². The fraction of sp³-hybridized carbons (Fsp3) is 0.484. The maximum atomic E-state index is 13.4. The van der Waals surface area contributed by atoms with E-state index in [4.69, 9.17) is 0 Å². The first-order chi connectivity index (χ1) is 16.5. The van der Waals surface area contributed by atoms with Gasteiger partial charge < -0.3 is 5.32 Å². The highest BCUT2D eigenvalue weighted by atomic mass is 19.4. The van der Waals surface area contributed by atoms with Crippen molar-refractivity contribution in [1.82, 2.24) is 5.32 Å². The second kappa shape index (κ2) is 13.0. The van der Waals surface area contributed by atoms with Crippen LogP contribution in [-0.4, -0.2) is 6.18 Å². The molecule has 0 aromatic heterocycles. The van der Waals surface area contributed by atoms with Crippen LogP contribution in [0, 0.1) is 11.8 Å². The standard InChI is InChI=1S/C31H42F3N/c1-8-21(5)23(7)30(11-4)35-20-24-12-14-26(15-13-24)25(10-3)18-27-16-17-28(31(32,33)34)19-29(27)22(6)9-2/h10-15,18,22,28,35H,3,8-9,16-17,19-20H2,1-2,4-7H3/b23-21-,25-18+,30-11?. The van der Waals surface area contributed by atoms with Crippen LogP contribution in [0.3, 0.4) is 0 Å². The molecule has 1 N–H and O–H groups in total. The second-order valence-electron chi connectivity index (χ2n) is 9.66. The molecule has 35 heavy (non-hydrogen) atoms. The Labute approximate surface area is 210 Å². The molecule has 0 radical (unpaired) electrons. The third kappa shape index (κ3) is 7.75. The molecular formula is C31H42F3N. The number of alkyl halides is 3. The molecule has 0 spiro atoms. The highest BCUT2D eigenvalue weighted by molar-refractivity contribution is 5.76. The smallest absolute Gasteiger partial charge is 0.381 e. The maximum Gasteiger partial charge on any atom is 0.392 e. The Morgan fingerprint density at radius 1 is 1.17 bits per heavy atom. The van der Waals surface area contributed by atoms with Gasteiger partial charge in [0.25, 0.3) is 0 Å². The Balaban J connectivity index is 2.25. The molecule has 4 heteroatoms. The summed E-state index contributed by atoms with van der Waals surface area (Å²) in [5.41, 5.74) is 8.96. The van der Waals surface area contributed by atoms with Gasteiger partial charge >= 0.3 is 6.18 Å². The first kappa shape index (κ1) is 28.7. The first-order valence-electron chi connectivity index (χ1n) is 12.8. The largest absolute Gasteiger partial charge is 0.392 e. The molecule has 0 bridgehead atoms. The van der Waals surface area contributed by atoms with Crippen LogP contribution in [0.2, 0.25) is 0 Å². The third-order valence-electron chi connectivity index (χ3n) is 7.49. The van der Waals surface area contributed by atoms with Crippen molar-refractivity contribution in [3.63, 3.8) is 0 Å². The molecule has 0 saturated carbocycles. The highest BCUT2D eigenvalue weighted by Crippen LogP contribution is 2.43. The van der Waals surface area contributed by atoms with Crippen molar-refractivity contribution >= 4 is 5.57 Å². The monoisotopic (exact) mass is 485 g/mol. The SMILES string of the molecule is C=C/C(=C\C1=C(C(C)CC)CC(C(F)(F)F)CC1)c1ccc(CNC(=CC)/C(C)=C(/C)CC)cc1. The van der Waals surface area contributed by atoms with Gasteiger partial charge in [-0.2, -0.15) is 13.2 Å². The van der Waals surface area contributed by atoms with Crippen LogP contribution in [0.15, 0.2) is 77.1 Å². The molecule has 1 nitrogen and oxygen atoms in total. The molecule has 0 saturated heterocycles. The summed E-state index contributed by atoms with van der Waals surface area (Å²) < 4.78 is 40.2. The zero-order valence-electron chi connectivity index (χ0n) is 22.3. The summed E-state index contributed by atoms with van der Waals surface area (Å²) in [4.78, 5) is 0. The molecule has 192 valence electrons. The zero-order valence-corrected chi connectivity index (χ0v) is 22.3. The minimum absolute atomic E-state index is 0.109. The van der Waals surface area contributed by atoms with Crippen molar-refractivity contribution in [2.24, 2.45) is 11.8 Å². The van der Waals surface area contributed by atoms with E-state index in [0.717, 1.165) is 47.4 Å². The van der Waals surface area contributed by atoms with Crippen molar-refractivity contribution < 1.29 is 13.2 Å².